The van der Waals surface area contributed by atoms with Gasteiger partial charge in [0.1, 0.15) is 0 Å². The van der Waals surface area contributed by atoms with Gasteiger partial charge in [-0.3, -0.25) is 20.0 Å². The van der Waals surface area contributed by atoms with E-state index < -0.39 is 0 Å². The molecule has 0 atom stereocenters. The summed E-state index contributed by atoms with van der Waals surface area (Å²) in [7, 11) is 0. The Morgan fingerprint density at radius 3 is 2.92 bits per heavy atom. The highest BCUT2D eigenvalue weighted by atomic mass is 16.1. The molecule has 66 valence electrons. The molecule has 0 aromatic carbocycles. The summed E-state index contributed by atoms with van der Waals surface area (Å²) in [5.41, 5.74) is 5.79. The Morgan fingerprint density at radius 1 is 1.83 bits per heavy atom. The molecule has 1 rings (SSSR count). The molecule has 0 saturated carbocycles. The normalized spacial score (nSPS) is 10.1. The van der Waals surface area contributed by atoms with E-state index in [-0.39, 0.29) is 11.4 Å². The van der Waals surface area contributed by atoms with Gasteiger partial charge in [-0.05, 0) is 6.92 Å². The Morgan fingerprint density at radius 2 is 2.50 bits per heavy atom. The molecule has 1 heterocycles. The van der Waals surface area contributed by atoms with E-state index in [1.165, 1.54) is 10.7 Å². The Balaban J connectivity index is 2.89. The zero-order valence-electron chi connectivity index (χ0n) is 6.92. The molecule has 0 fully saturated rings. The summed E-state index contributed by atoms with van der Waals surface area (Å²) < 4.78 is 1.47. The van der Waals surface area contributed by atoms with Crippen molar-refractivity contribution in [1.29, 1.82) is 5.41 Å². The van der Waals surface area contributed by atoms with Gasteiger partial charge in [-0.25, -0.2) is 0 Å². The van der Waals surface area contributed by atoms with Crippen molar-refractivity contribution in [1.82, 2.24) is 9.78 Å². The van der Waals surface area contributed by atoms with Crippen LogP contribution in [-0.2, 0) is 13.0 Å². The minimum Gasteiger partial charge on any atom is -0.387 e. The Labute approximate surface area is 69.7 Å². The summed E-state index contributed by atoms with van der Waals surface area (Å²) in [6.45, 7) is 2.48. The SMILES string of the molecule is CCn1[nH]c(CC(=N)N)cc1=O. The van der Waals surface area contributed by atoms with Crippen molar-refractivity contribution in [3.63, 3.8) is 0 Å². The molecule has 0 aliphatic carbocycles. The molecule has 0 radical (unpaired) electrons. The zero-order chi connectivity index (χ0) is 9.14. The largest absolute Gasteiger partial charge is 0.387 e. The highest BCUT2D eigenvalue weighted by molar-refractivity contribution is 5.78. The van der Waals surface area contributed by atoms with Crippen LogP contribution in [0.4, 0.5) is 0 Å². The van der Waals surface area contributed by atoms with Gasteiger partial charge in [-0.2, -0.15) is 0 Å². The molecule has 4 N–H and O–H groups in total. The van der Waals surface area contributed by atoms with Gasteiger partial charge >= 0.3 is 0 Å². The quantitative estimate of drug-likeness (QED) is 0.426. The van der Waals surface area contributed by atoms with Gasteiger partial charge in [0.05, 0.1) is 5.84 Å². The number of amidine groups is 1. The van der Waals surface area contributed by atoms with Crippen LogP contribution in [0.15, 0.2) is 10.9 Å². The van der Waals surface area contributed by atoms with Crippen LogP contribution in [0.5, 0.6) is 0 Å². The smallest absolute Gasteiger partial charge is 0.266 e. The van der Waals surface area contributed by atoms with E-state index in [0.717, 1.165) is 0 Å². The number of aryl methyl sites for hydroxylation is 1. The number of aromatic nitrogens is 2. The lowest BCUT2D eigenvalue weighted by molar-refractivity contribution is 0.631. The van der Waals surface area contributed by atoms with Gasteiger partial charge < -0.3 is 5.73 Å². The summed E-state index contributed by atoms with van der Waals surface area (Å²) in [4.78, 5) is 11.1. The van der Waals surface area contributed by atoms with Gasteiger partial charge in [0.2, 0.25) is 0 Å². The predicted molar refractivity (Wildman–Crippen MR) is 46.3 cm³/mol. The van der Waals surface area contributed by atoms with E-state index in [4.69, 9.17) is 11.1 Å². The van der Waals surface area contributed by atoms with Crippen molar-refractivity contribution >= 4 is 5.84 Å². The molecule has 1 aromatic rings. The number of hydrogen-bond acceptors (Lipinski definition) is 2. The summed E-state index contributed by atoms with van der Waals surface area (Å²) in [5, 5.41) is 9.86. The van der Waals surface area contributed by atoms with Gasteiger partial charge in [-0.15, -0.1) is 0 Å². The molecule has 1 aromatic heterocycles. The molecule has 0 unspecified atom stereocenters. The lowest BCUT2D eigenvalue weighted by Crippen LogP contribution is -2.14. The monoisotopic (exact) mass is 168 g/mol. The van der Waals surface area contributed by atoms with Crippen molar-refractivity contribution in [2.45, 2.75) is 19.9 Å². The molecule has 0 spiro atoms. The molecule has 0 amide bonds. The number of nitrogens with one attached hydrogen (secondary N) is 2. The molecular formula is C7H12N4O. The fraction of sp³-hybridized carbons (Fsp3) is 0.429. The fourth-order valence-corrected chi connectivity index (χ4v) is 1.02. The van der Waals surface area contributed by atoms with Gasteiger partial charge in [0.25, 0.3) is 5.56 Å². The molecule has 0 aliphatic rings. The first-order valence-corrected chi connectivity index (χ1v) is 3.75. The second-order valence-corrected chi connectivity index (χ2v) is 2.57. The van der Waals surface area contributed by atoms with Crippen LogP contribution in [0.25, 0.3) is 0 Å². The van der Waals surface area contributed by atoms with Crippen molar-refractivity contribution in [3.05, 3.63) is 22.1 Å². The van der Waals surface area contributed by atoms with Crippen LogP contribution in [0, 0.1) is 5.41 Å². The van der Waals surface area contributed by atoms with Crippen LogP contribution in [0.3, 0.4) is 0 Å². The molecule has 12 heavy (non-hydrogen) atoms. The maximum Gasteiger partial charge on any atom is 0.266 e. The van der Waals surface area contributed by atoms with E-state index >= 15 is 0 Å². The Bertz CT molecular complexity index is 335. The first-order chi connectivity index (χ1) is 5.63. The number of rotatable bonds is 3. The van der Waals surface area contributed by atoms with E-state index in [1.54, 1.807) is 0 Å². The van der Waals surface area contributed by atoms with Crippen molar-refractivity contribution in [3.8, 4) is 0 Å². The predicted octanol–water partition coefficient (Wildman–Crippen LogP) is -0.325. The van der Waals surface area contributed by atoms with Crippen LogP contribution >= 0.6 is 0 Å². The van der Waals surface area contributed by atoms with Crippen LogP contribution in [0.1, 0.15) is 12.6 Å². The second kappa shape index (κ2) is 3.25. The van der Waals surface area contributed by atoms with E-state index in [2.05, 4.69) is 5.10 Å². The average molecular weight is 168 g/mol. The third kappa shape index (κ3) is 1.75. The average Bonchev–Trinajstić information content (AvgIpc) is 2.29. The first kappa shape index (κ1) is 8.58. The highest BCUT2D eigenvalue weighted by Crippen LogP contribution is 1.90. The molecule has 0 bridgehead atoms. The maximum atomic E-state index is 11.1. The van der Waals surface area contributed by atoms with Gasteiger partial charge in [0.15, 0.2) is 0 Å². The minimum atomic E-state index is -0.0752. The number of nitrogens with two attached hydrogens (primary N) is 1. The van der Waals surface area contributed by atoms with Crippen LogP contribution in [-0.4, -0.2) is 15.6 Å². The summed E-state index contributed by atoms with van der Waals surface area (Å²) in [6.07, 6.45) is 0.308. The standard InChI is InChI=1S/C7H12N4O/c1-2-11-7(12)4-5(10-11)3-6(8)9/h4,10H,2-3H2,1H3,(H3,8,9). The van der Waals surface area contributed by atoms with E-state index in [9.17, 15) is 4.79 Å². The number of hydrogen-bond donors (Lipinski definition) is 3. The number of H-pyrrole nitrogens is 1. The van der Waals surface area contributed by atoms with Gasteiger partial charge in [0, 0.05) is 24.7 Å². The molecule has 0 saturated heterocycles. The second-order valence-electron chi connectivity index (χ2n) is 2.57. The number of aromatic amines is 1. The zero-order valence-corrected chi connectivity index (χ0v) is 6.92. The summed E-state index contributed by atoms with van der Waals surface area (Å²) in [6, 6.07) is 1.46. The maximum absolute atomic E-state index is 11.1. The van der Waals surface area contributed by atoms with Crippen LogP contribution in [0.2, 0.25) is 0 Å². The lowest BCUT2D eigenvalue weighted by Gasteiger charge is -1.95. The Kier molecular flexibility index (Phi) is 2.32. The fourth-order valence-electron chi connectivity index (χ4n) is 1.02. The highest BCUT2D eigenvalue weighted by Gasteiger charge is 2.01. The van der Waals surface area contributed by atoms with Gasteiger partial charge in [-0.1, -0.05) is 0 Å². The van der Waals surface area contributed by atoms with E-state index in [1.807, 2.05) is 6.92 Å². The van der Waals surface area contributed by atoms with Crippen molar-refractivity contribution in [2.24, 2.45) is 5.73 Å². The lowest BCUT2D eigenvalue weighted by atomic mass is 10.3. The minimum absolute atomic E-state index is 0.0551. The van der Waals surface area contributed by atoms with E-state index in [0.29, 0.717) is 18.7 Å². The molecular weight excluding hydrogens is 156 g/mol. The molecule has 5 nitrogen and oxygen atoms in total. The first-order valence-electron chi connectivity index (χ1n) is 3.75. The van der Waals surface area contributed by atoms with Crippen molar-refractivity contribution < 1.29 is 0 Å². The Hall–Kier alpha value is -1.52. The third-order valence-corrected chi connectivity index (χ3v) is 1.54. The third-order valence-electron chi connectivity index (χ3n) is 1.54. The molecule has 5 heteroatoms. The number of nitrogens with zero attached hydrogens (tertiary/aromatic N) is 1. The summed E-state index contributed by atoms with van der Waals surface area (Å²) in [5.74, 6) is 0.0551. The van der Waals surface area contributed by atoms with Crippen LogP contribution < -0.4 is 11.3 Å². The topological polar surface area (TPSA) is 87.7 Å². The summed E-state index contributed by atoms with van der Waals surface area (Å²) >= 11 is 0. The molecule has 0 aliphatic heterocycles. The van der Waals surface area contributed by atoms with Crippen molar-refractivity contribution in [2.75, 3.05) is 0 Å².